The molecule has 0 N–H and O–H groups in total. The van der Waals surface area contributed by atoms with E-state index in [1.54, 1.807) is 4.57 Å². The molecule has 9 aromatic rings. The lowest BCUT2D eigenvalue weighted by Crippen LogP contribution is -1.93. The third-order valence-corrected chi connectivity index (χ3v) is 8.04. The van der Waals surface area contributed by atoms with Gasteiger partial charge in [-0.25, -0.2) is 0 Å². The van der Waals surface area contributed by atoms with Gasteiger partial charge in [-0.05, 0) is 59.6 Å². The Hall–Kier alpha value is -5.54. The lowest BCUT2D eigenvalue weighted by molar-refractivity contribution is 0.645. The van der Waals surface area contributed by atoms with Gasteiger partial charge < -0.3 is 8.98 Å². The summed E-state index contributed by atoms with van der Waals surface area (Å²) in [4.78, 5) is 0. The molecule has 0 saturated heterocycles. The molecule has 0 aliphatic rings. The average Bonchev–Trinajstić information content (AvgIpc) is 3.74. The van der Waals surface area contributed by atoms with Crippen LogP contribution in [0.3, 0.4) is 0 Å². The molecule has 3 aromatic heterocycles. The highest BCUT2D eigenvalue weighted by Crippen LogP contribution is 2.43. The van der Waals surface area contributed by atoms with Crippen molar-refractivity contribution in [3.05, 3.63) is 145 Å². The SMILES string of the molecule is [2H]c1c([2H])c([2H])c(-n2c3ccccc3c3c4c(-c5ccc(-n6c7ccccc7c7ccccc76)cc5)cccc4oc32)c([2H])c1[2H]. The number of hydrogen-bond acceptors (Lipinski definition) is 1. The minimum atomic E-state index is -0.428. The van der Waals surface area contributed by atoms with Gasteiger partial charge in [0.15, 0.2) is 0 Å². The summed E-state index contributed by atoms with van der Waals surface area (Å²) < 4.78 is 52.6. The molecule has 0 bridgehead atoms. The van der Waals surface area contributed by atoms with E-state index in [2.05, 4.69) is 83.4 Å². The van der Waals surface area contributed by atoms with Crippen molar-refractivity contribution in [1.82, 2.24) is 9.13 Å². The quantitative estimate of drug-likeness (QED) is 0.223. The summed E-state index contributed by atoms with van der Waals surface area (Å²) in [6, 6.07) is 37.3. The lowest BCUT2D eigenvalue weighted by Gasteiger charge is -2.10. The number of nitrogens with zero attached hydrogens (tertiary/aromatic N) is 2. The van der Waals surface area contributed by atoms with Gasteiger partial charge in [0.25, 0.3) is 0 Å². The zero-order valence-electron chi connectivity index (χ0n) is 26.8. The van der Waals surface area contributed by atoms with Gasteiger partial charge >= 0.3 is 0 Å². The van der Waals surface area contributed by atoms with Crippen LogP contribution in [0.1, 0.15) is 6.85 Å². The lowest BCUT2D eigenvalue weighted by atomic mass is 9.99. The summed E-state index contributed by atoms with van der Waals surface area (Å²) in [5, 5.41) is 5.04. The van der Waals surface area contributed by atoms with E-state index in [0.29, 0.717) is 16.8 Å². The standard InChI is InChI=1S/C38H24N2O/c1-2-11-26(12-3-1)40-34-19-9-6-15-31(34)37-36-28(16-10-20-35(36)41-38(37)40)25-21-23-27(24-22-25)39-32-17-7-4-13-29(32)30-14-5-8-18-33(30)39/h1-24H/i1D,2D,3D,11D,12D. The summed E-state index contributed by atoms with van der Waals surface area (Å²) in [6.07, 6.45) is 0. The number of furan rings is 1. The van der Waals surface area contributed by atoms with Gasteiger partial charge in [0.05, 0.1) is 28.8 Å². The summed E-state index contributed by atoms with van der Waals surface area (Å²) in [5.74, 6) is 0. The van der Waals surface area contributed by atoms with E-state index in [1.165, 1.54) is 10.8 Å². The van der Waals surface area contributed by atoms with E-state index in [4.69, 9.17) is 11.3 Å². The van der Waals surface area contributed by atoms with Gasteiger partial charge in [0.1, 0.15) is 5.58 Å². The van der Waals surface area contributed by atoms with Gasteiger partial charge in [-0.2, -0.15) is 0 Å². The molecule has 3 heteroatoms. The highest BCUT2D eigenvalue weighted by molar-refractivity contribution is 6.23. The largest absolute Gasteiger partial charge is 0.439 e. The molecule has 3 nitrogen and oxygen atoms in total. The maximum absolute atomic E-state index is 8.72. The normalized spacial score (nSPS) is 13.6. The van der Waals surface area contributed by atoms with E-state index >= 15 is 0 Å². The molecule has 41 heavy (non-hydrogen) atoms. The van der Waals surface area contributed by atoms with Crippen LogP contribution in [0.4, 0.5) is 0 Å². The molecule has 0 aliphatic carbocycles. The van der Waals surface area contributed by atoms with Crippen LogP contribution in [-0.2, 0) is 0 Å². The van der Waals surface area contributed by atoms with E-state index in [1.807, 2.05) is 36.4 Å². The second kappa shape index (κ2) is 8.48. The number of aromatic nitrogens is 2. The van der Waals surface area contributed by atoms with Crippen LogP contribution in [0.25, 0.3) is 77.3 Å². The van der Waals surface area contributed by atoms with Gasteiger partial charge in [0, 0.05) is 32.9 Å². The van der Waals surface area contributed by atoms with Crippen LogP contribution in [-0.4, -0.2) is 9.13 Å². The molecule has 0 radical (unpaired) electrons. The monoisotopic (exact) mass is 529 g/mol. The van der Waals surface area contributed by atoms with Crippen LogP contribution >= 0.6 is 0 Å². The summed E-state index contributed by atoms with van der Waals surface area (Å²) in [5.41, 5.74) is 7.20. The van der Waals surface area contributed by atoms with Crippen molar-refractivity contribution in [2.24, 2.45) is 0 Å². The van der Waals surface area contributed by atoms with E-state index in [0.717, 1.165) is 44.0 Å². The zero-order valence-corrected chi connectivity index (χ0v) is 21.8. The second-order valence-electron chi connectivity index (χ2n) is 10.2. The van der Waals surface area contributed by atoms with Crippen LogP contribution in [0, 0.1) is 0 Å². The predicted molar refractivity (Wildman–Crippen MR) is 170 cm³/mol. The maximum atomic E-state index is 8.72. The Labute approximate surface area is 243 Å². The van der Waals surface area contributed by atoms with Crippen molar-refractivity contribution < 1.29 is 11.3 Å². The fourth-order valence-electron chi connectivity index (χ4n) is 6.34. The van der Waals surface area contributed by atoms with Crippen LogP contribution in [0.2, 0.25) is 0 Å². The average molecular weight is 530 g/mol. The number of fused-ring (bicyclic) bond motifs is 8. The minimum absolute atomic E-state index is 0.0633. The smallest absolute Gasteiger partial charge is 0.213 e. The Kier molecular flexibility index (Phi) is 3.71. The zero-order chi connectivity index (χ0) is 31.3. The molecular formula is C38H24N2O. The van der Waals surface area contributed by atoms with Crippen LogP contribution in [0.5, 0.6) is 0 Å². The van der Waals surface area contributed by atoms with Crippen molar-refractivity contribution in [2.45, 2.75) is 0 Å². The van der Waals surface area contributed by atoms with Crippen molar-refractivity contribution in [3.8, 4) is 22.5 Å². The molecule has 6 aromatic carbocycles. The molecule has 9 rings (SSSR count). The second-order valence-corrected chi connectivity index (χ2v) is 10.2. The van der Waals surface area contributed by atoms with Crippen LogP contribution < -0.4 is 0 Å². The molecule has 0 fully saturated rings. The number of rotatable bonds is 3. The fourth-order valence-corrected chi connectivity index (χ4v) is 6.34. The Morgan fingerprint density at radius 2 is 1.10 bits per heavy atom. The number of benzene rings is 6. The fraction of sp³-hybridized carbons (Fsp3) is 0. The Morgan fingerprint density at radius 3 is 1.78 bits per heavy atom. The first-order valence-electron chi connectivity index (χ1n) is 16.0. The molecule has 0 unspecified atom stereocenters. The Balaban J connectivity index is 1.29. The van der Waals surface area contributed by atoms with Crippen molar-refractivity contribution >= 4 is 54.8 Å². The number of hydrogen-bond donors (Lipinski definition) is 0. The Morgan fingerprint density at radius 1 is 0.488 bits per heavy atom. The molecule has 0 spiro atoms. The van der Waals surface area contributed by atoms with Crippen molar-refractivity contribution in [1.29, 1.82) is 0 Å². The van der Waals surface area contributed by atoms with Gasteiger partial charge in [0.2, 0.25) is 5.71 Å². The summed E-state index contributed by atoms with van der Waals surface area (Å²) >= 11 is 0. The van der Waals surface area contributed by atoms with Gasteiger partial charge in [-0.1, -0.05) is 97.0 Å². The highest BCUT2D eigenvalue weighted by Gasteiger charge is 2.21. The number of para-hydroxylation sites is 4. The predicted octanol–water partition coefficient (Wildman–Crippen LogP) is 10.3. The maximum Gasteiger partial charge on any atom is 0.213 e. The van der Waals surface area contributed by atoms with Crippen molar-refractivity contribution in [2.75, 3.05) is 0 Å². The molecule has 3 heterocycles. The highest BCUT2D eigenvalue weighted by atomic mass is 16.3. The minimum Gasteiger partial charge on any atom is -0.439 e. The Bertz CT molecular complexity index is 2620. The van der Waals surface area contributed by atoms with Crippen LogP contribution in [0.15, 0.2) is 150 Å². The molecule has 0 saturated carbocycles. The van der Waals surface area contributed by atoms with Crippen molar-refractivity contribution in [3.63, 3.8) is 0 Å². The first-order valence-corrected chi connectivity index (χ1v) is 13.5. The van der Waals surface area contributed by atoms with Gasteiger partial charge in [-0.3, -0.25) is 4.57 Å². The first kappa shape index (κ1) is 17.9. The van der Waals surface area contributed by atoms with Gasteiger partial charge in [-0.15, -0.1) is 0 Å². The summed E-state index contributed by atoms with van der Waals surface area (Å²) in [7, 11) is 0. The van der Waals surface area contributed by atoms with E-state index in [-0.39, 0.29) is 29.9 Å². The van der Waals surface area contributed by atoms with E-state index < -0.39 is 6.04 Å². The third kappa shape index (κ3) is 3.14. The molecule has 0 aliphatic heterocycles. The molecular weight excluding hydrogens is 500 g/mol. The molecule has 0 amide bonds. The molecule has 192 valence electrons. The summed E-state index contributed by atoms with van der Waals surface area (Å²) in [6.45, 7) is 0. The first-order chi connectivity index (χ1) is 22.4. The third-order valence-electron chi connectivity index (χ3n) is 8.04. The topological polar surface area (TPSA) is 23.0 Å². The molecule has 0 atom stereocenters. The van der Waals surface area contributed by atoms with E-state index in [9.17, 15) is 0 Å².